The summed E-state index contributed by atoms with van der Waals surface area (Å²) in [4.78, 5) is 4.25. The van der Waals surface area contributed by atoms with Crippen molar-refractivity contribution >= 4 is 27.6 Å². The summed E-state index contributed by atoms with van der Waals surface area (Å²) >= 11 is 1.85. The summed E-state index contributed by atoms with van der Waals surface area (Å²) in [5, 5.41) is 2.83. The molecular formula is C13H23N3O2S2. The van der Waals surface area contributed by atoms with Gasteiger partial charge in [0.25, 0.3) is 0 Å². The molecule has 0 aliphatic carbocycles. The highest BCUT2D eigenvalue weighted by Gasteiger charge is 2.13. The minimum absolute atomic E-state index is 0.249. The Labute approximate surface area is 126 Å². The van der Waals surface area contributed by atoms with Gasteiger partial charge in [0.15, 0.2) is 0 Å². The third kappa shape index (κ3) is 6.11. The largest absolute Gasteiger partial charge is 0.373 e. The molecule has 0 aliphatic rings. The van der Waals surface area contributed by atoms with Crippen LogP contribution < -0.4 is 10.0 Å². The maximum absolute atomic E-state index is 12.1. The van der Waals surface area contributed by atoms with Crippen molar-refractivity contribution in [3.63, 3.8) is 0 Å². The van der Waals surface area contributed by atoms with E-state index in [1.54, 1.807) is 7.05 Å². The van der Waals surface area contributed by atoms with Crippen LogP contribution in [0.2, 0.25) is 0 Å². The molecule has 7 heteroatoms. The van der Waals surface area contributed by atoms with Crippen LogP contribution in [0.25, 0.3) is 0 Å². The normalized spacial score (nSPS) is 11.5. The minimum Gasteiger partial charge on any atom is -0.373 e. The van der Waals surface area contributed by atoms with Gasteiger partial charge in [-0.2, -0.15) is 11.8 Å². The van der Waals surface area contributed by atoms with Gasteiger partial charge in [0.1, 0.15) is 5.82 Å². The quantitative estimate of drug-likeness (QED) is 0.648. The maximum atomic E-state index is 12.1. The van der Waals surface area contributed by atoms with Crippen molar-refractivity contribution in [3.8, 4) is 0 Å². The van der Waals surface area contributed by atoms with Gasteiger partial charge >= 0.3 is 0 Å². The average Bonchev–Trinajstić information content (AvgIpc) is 2.46. The number of rotatable bonds is 10. The second-order valence-corrected chi connectivity index (χ2v) is 7.18. The van der Waals surface area contributed by atoms with Crippen LogP contribution in [0.4, 0.5) is 5.82 Å². The second-order valence-electron chi connectivity index (χ2n) is 4.43. The SMILES string of the molecule is CNc1cc(S(=O)(=O)NCCCCCCSC)ccn1. The minimum atomic E-state index is -3.42. The molecule has 2 N–H and O–H groups in total. The fourth-order valence-corrected chi connectivity index (χ4v) is 3.31. The van der Waals surface area contributed by atoms with Gasteiger partial charge in [-0.15, -0.1) is 0 Å². The van der Waals surface area contributed by atoms with Gasteiger partial charge in [-0.3, -0.25) is 0 Å². The number of sulfonamides is 1. The van der Waals surface area contributed by atoms with Crippen LogP contribution >= 0.6 is 11.8 Å². The van der Waals surface area contributed by atoms with Gasteiger partial charge < -0.3 is 5.32 Å². The topological polar surface area (TPSA) is 71.1 Å². The fourth-order valence-electron chi connectivity index (χ4n) is 1.73. The molecule has 0 saturated heterocycles. The first-order valence-electron chi connectivity index (χ1n) is 6.72. The summed E-state index contributed by atoms with van der Waals surface area (Å²) in [7, 11) is -1.72. The average molecular weight is 317 g/mol. The Kier molecular flexibility index (Phi) is 7.94. The van der Waals surface area contributed by atoms with E-state index >= 15 is 0 Å². The lowest BCUT2D eigenvalue weighted by molar-refractivity contribution is 0.574. The molecular weight excluding hydrogens is 294 g/mol. The molecule has 0 radical (unpaired) electrons. The first-order chi connectivity index (χ1) is 9.60. The van der Waals surface area contributed by atoms with Gasteiger partial charge in [-0.05, 0) is 30.9 Å². The lowest BCUT2D eigenvalue weighted by Gasteiger charge is -2.07. The van der Waals surface area contributed by atoms with E-state index in [2.05, 4.69) is 21.3 Å². The molecule has 0 aliphatic heterocycles. The summed E-state index contributed by atoms with van der Waals surface area (Å²) < 4.78 is 26.8. The Bertz CT molecular complexity index is 492. The Morgan fingerprint density at radius 2 is 2.00 bits per heavy atom. The number of hydrogen-bond donors (Lipinski definition) is 2. The molecule has 0 amide bonds. The van der Waals surface area contributed by atoms with Crippen molar-refractivity contribution in [2.24, 2.45) is 0 Å². The van der Waals surface area contributed by atoms with Crippen LogP contribution in [0.15, 0.2) is 23.2 Å². The van der Waals surface area contributed by atoms with Gasteiger partial charge in [0.2, 0.25) is 10.0 Å². The number of pyridine rings is 1. The van der Waals surface area contributed by atoms with Crippen LogP contribution in [0.3, 0.4) is 0 Å². The highest BCUT2D eigenvalue weighted by molar-refractivity contribution is 7.98. The van der Waals surface area contributed by atoms with Crippen LogP contribution in [-0.4, -0.2) is 39.0 Å². The molecule has 1 rings (SSSR count). The van der Waals surface area contributed by atoms with Gasteiger partial charge in [0.05, 0.1) is 4.90 Å². The zero-order chi connectivity index (χ0) is 14.8. The predicted molar refractivity (Wildman–Crippen MR) is 85.8 cm³/mol. The fraction of sp³-hybridized carbons (Fsp3) is 0.615. The summed E-state index contributed by atoms with van der Waals surface area (Å²) in [5.41, 5.74) is 0. The van der Waals surface area contributed by atoms with E-state index in [1.165, 1.54) is 30.5 Å². The lowest BCUT2D eigenvalue weighted by atomic mass is 10.2. The third-order valence-electron chi connectivity index (χ3n) is 2.87. The second kappa shape index (κ2) is 9.20. The lowest BCUT2D eigenvalue weighted by Crippen LogP contribution is -2.25. The molecule has 1 heterocycles. The van der Waals surface area contributed by atoms with Crippen molar-refractivity contribution in [2.45, 2.75) is 30.6 Å². The highest BCUT2D eigenvalue weighted by Crippen LogP contribution is 2.12. The summed E-state index contributed by atoms with van der Waals surface area (Å²) in [5.74, 6) is 1.72. The molecule has 1 aromatic rings. The van der Waals surface area contributed by atoms with Gasteiger partial charge in [0, 0.05) is 25.9 Å². The maximum Gasteiger partial charge on any atom is 0.240 e. The highest BCUT2D eigenvalue weighted by atomic mass is 32.2. The number of hydrogen-bond acceptors (Lipinski definition) is 5. The molecule has 20 heavy (non-hydrogen) atoms. The zero-order valence-corrected chi connectivity index (χ0v) is 13.7. The van der Waals surface area contributed by atoms with E-state index in [0.29, 0.717) is 12.4 Å². The van der Waals surface area contributed by atoms with E-state index in [9.17, 15) is 8.42 Å². The van der Waals surface area contributed by atoms with Crippen molar-refractivity contribution in [1.29, 1.82) is 0 Å². The Hall–Kier alpha value is -0.790. The van der Waals surface area contributed by atoms with Crippen molar-refractivity contribution in [2.75, 3.05) is 30.9 Å². The number of aromatic nitrogens is 1. The van der Waals surface area contributed by atoms with E-state index in [4.69, 9.17) is 0 Å². The van der Waals surface area contributed by atoms with E-state index in [1.807, 2.05) is 11.8 Å². The van der Waals surface area contributed by atoms with E-state index < -0.39 is 10.0 Å². The molecule has 0 atom stereocenters. The smallest absolute Gasteiger partial charge is 0.240 e. The van der Waals surface area contributed by atoms with E-state index in [0.717, 1.165) is 19.3 Å². The Morgan fingerprint density at radius 1 is 1.25 bits per heavy atom. The molecule has 0 spiro atoms. The van der Waals surface area contributed by atoms with Crippen molar-refractivity contribution in [1.82, 2.24) is 9.71 Å². The molecule has 0 aromatic carbocycles. The number of unbranched alkanes of at least 4 members (excludes halogenated alkanes) is 3. The summed E-state index contributed by atoms with van der Waals surface area (Å²) in [6, 6.07) is 3.03. The number of anilines is 1. The van der Waals surface area contributed by atoms with Crippen LogP contribution in [0.5, 0.6) is 0 Å². The third-order valence-corrected chi connectivity index (χ3v) is 5.02. The van der Waals surface area contributed by atoms with Crippen LogP contribution in [0, 0.1) is 0 Å². The number of thioether (sulfide) groups is 1. The Balaban J connectivity index is 2.37. The van der Waals surface area contributed by atoms with Crippen LogP contribution in [-0.2, 0) is 10.0 Å². The van der Waals surface area contributed by atoms with E-state index in [-0.39, 0.29) is 4.90 Å². The molecule has 0 bridgehead atoms. The first-order valence-corrected chi connectivity index (χ1v) is 9.60. The molecule has 5 nitrogen and oxygen atoms in total. The summed E-state index contributed by atoms with van der Waals surface area (Å²) in [6.07, 6.45) is 7.87. The van der Waals surface area contributed by atoms with Gasteiger partial charge in [-0.25, -0.2) is 18.1 Å². The zero-order valence-electron chi connectivity index (χ0n) is 12.1. The monoisotopic (exact) mass is 317 g/mol. The number of nitrogens with zero attached hydrogens (tertiary/aromatic N) is 1. The standard InChI is InChI=1S/C13H23N3O2S2/c1-14-13-11-12(7-9-15-13)20(17,18)16-8-5-3-4-6-10-19-2/h7,9,11,16H,3-6,8,10H2,1-2H3,(H,14,15). The molecule has 114 valence electrons. The van der Waals surface area contributed by atoms with Crippen molar-refractivity contribution in [3.05, 3.63) is 18.3 Å². The Morgan fingerprint density at radius 3 is 2.70 bits per heavy atom. The molecule has 0 fully saturated rings. The predicted octanol–water partition coefficient (Wildman–Crippen LogP) is 2.33. The molecule has 0 saturated carbocycles. The molecule has 1 aromatic heterocycles. The molecule has 0 unspecified atom stereocenters. The van der Waals surface area contributed by atoms with Crippen molar-refractivity contribution < 1.29 is 8.42 Å². The summed E-state index contributed by atoms with van der Waals surface area (Å²) in [6.45, 7) is 0.485. The first kappa shape index (κ1) is 17.3. The van der Waals surface area contributed by atoms with Crippen LogP contribution in [0.1, 0.15) is 25.7 Å². The van der Waals surface area contributed by atoms with Gasteiger partial charge in [-0.1, -0.05) is 12.8 Å². The number of nitrogens with one attached hydrogen (secondary N) is 2.